The summed E-state index contributed by atoms with van der Waals surface area (Å²) in [6.45, 7) is 7.40. The Labute approximate surface area is 123 Å². The van der Waals surface area contributed by atoms with Crippen LogP contribution in [0.1, 0.15) is 38.2 Å². The fourth-order valence-electron chi connectivity index (χ4n) is 2.23. The van der Waals surface area contributed by atoms with Crippen molar-refractivity contribution in [1.82, 2.24) is 14.9 Å². The van der Waals surface area contributed by atoms with Crippen molar-refractivity contribution in [2.24, 2.45) is 0 Å². The molecule has 0 spiro atoms. The summed E-state index contributed by atoms with van der Waals surface area (Å²) in [5.74, 6) is 1.08. The van der Waals surface area contributed by atoms with E-state index in [1.54, 1.807) is 0 Å². The predicted molar refractivity (Wildman–Crippen MR) is 82.7 cm³/mol. The van der Waals surface area contributed by atoms with Crippen LogP contribution in [-0.4, -0.2) is 16.1 Å². The van der Waals surface area contributed by atoms with E-state index in [2.05, 4.69) is 69.8 Å². The number of imidazole rings is 1. The van der Waals surface area contributed by atoms with Crippen molar-refractivity contribution >= 4 is 15.9 Å². The first-order valence-corrected chi connectivity index (χ1v) is 7.52. The molecule has 1 heterocycles. The van der Waals surface area contributed by atoms with Crippen LogP contribution in [0.2, 0.25) is 0 Å². The van der Waals surface area contributed by atoms with E-state index in [0.717, 1.165) is 29.0 Å². The molecule has 1 atom stereocenters. The second-order valence-electron chi connectivity index (χ2n) is 4.56. The lowest BCUT2D eigenvalue weighted by Gasteiger charge is -2.15. The summed E-state index contributed by atoms with van der Waals surface area (Å²) in [5.41, 5.74) is 2.43. The first kappa shape index (κ1) is 14.3. The van der Waals surface area contributed by atoms with E-state index < -0.39 is 0 Å². The second-order valence-corrected chi connectivity index (χ2v) is 5.41. The van der Waals surface area contributed by atoms with Crippen molar-refractivity contribution in [3.05, 3.63) is 46.5 Å². The Morgan fingerprint density at radius 3 is 2.79 bits per heavy atom. The highest BCUT2D eigenvalue weighted by Crippen LogP contribution is 2.26. The lowest BCUT2D eigenvalue weighted by Crippen LogP contribution is -2.17. The van der Waals surface area contributed by atoms with Gasteiger partial charge in [-0.3, -0.25) is 0 Å². The van der Waals surface area contributed by atoms with Crippen LogP contribution in [0.15, 0.2) is 35.1 Å². The van der Waals surface area contributed by atoms with E-state index in [9.17, 15) is 0 Å². The number of nitrogens with zero attached hydrogens (tertiary/aromatic N) is 2. The molecule has 1 unspecified atom stereocenters. The van der Waals surface area contributed by atoms with Gasteiger partial charge in [-0.15, -0.1) is 0 Å². The molecule has 2 aromatic rings. The van der Waals surface area contributed by atoms with Crippen LogP contribution in [0.3, 0.4) is 0 Å². The highest BCUT2D eigenvalue weighted by molar-refractivity contribution is 9.10. The average Bonchev–Trinajstić information content (AvgIpc) is 2.87. The van der Waals surface area contributed by atoms with Gasteiger partial charge in [0, 0.05) is 29.3 Å². The molecular formula is C15H20BrN3. The van der Waals surface area contributed by atoms with Gasteiger partial charge in [-0.25, -0.2) is 4.98 Å². The standard InChI is InChI=1S/C15H20BrN3/c1-4-15-18-8-9-19(15)14-7-6-12(10-13(14)16)11(3)17-5-2/h6-11,17H,4-5H2,1-3H3. The molecule has 0 amide bonds. The predicted octanol–water partition coefficient (Wildman–Crippen LogP) is 3.87. The first-order chi connectivity index (χ1) is 9.17. The van der Waals surface area contributed by atoms with Gasteiger partial charge in [0.05, 0.1) is 5.69 Å². The van der Waals surface area contributed by atoms with Crippen molar-refractivity contribution in [2.75, 3.05) is 6.54 Å². The summed E-state index contributed by atoms with van der Waals surface area (Å²) < 4.78 is 3.23. The first-order valence-electron chi connectivity index (χ1n) is 6.72. The van der Waals surface area contributed by atoms with Gasteiger partial charge in [0.15, 0.2) is 0 Å². The molecule has 0 aliphatic carbocycles. The van der Waals surface area contributed by atoms with E-state index in [0.29, 0.717) is 6.04 Å². The molecule has 1 N–H and O–H groups in total. The summed E-state index contributed by atoms with van der Waals surface area (Å²) in [7, 11) is 0. The normalized spacial score (nSPS) is 12.6. The zero-order valence-corrected chi connectivity index (χ0v) is 13.2. The van der Waals surface area contributed by atoms with Gasteiger partial charge in [0.25, 0.3) is 0 Å². The topological polar surface area (TPSA) is 29.9 Å². The van der Waals surface area contributed by atoms with Crippen LogP contribution in [-0.2, 0) is 6.42 Å². The molecule has 19 heavy (non-hydrogen) atoms. The second kappa shape index (κ2) is 6.35. The molecular weight excluding hydrogens is 302 g/mol. The van der Waals surface area contributed by atoms with Crippen molar-refractivity contribution in [3.8, 4) is 5.69 Å². The Morgan fingerprint density at radius 2 is 2.16 bits per heavy atom. The summed E-state index contributed by atoms with van der Waals surface area (Å²) in [4.78, 5) is 4.37. The number of aryl methyl sites for hydroxylation is 1. The van der Waals surface area contributed by atoms with Crippen LogP contribution in [0.5, 0.6) is 0 Å². The van der Waals surface area contributed by atoms with Gasteiger partial charge < -0.3 is 9.88 Å². The number of nitrogens with one attached hydrogen (secondary N) is 1. The maximum Gasteiger partial charge on any atom is 0.112 e. The molecule has 0 fully saturated rings. The van der Waals surface area contributed by atoms with Crippen molar-refractivity contribution in [3.63, 3.8) is 0 Å². The molecule has 3 nitrogen and oxygen atoms in total. The summed E-state index contributed by atoms with van der Waals surface area (Å²) in [6, 6.07) is 6.87. The lowest BCUT2D eigenvalue weighted by molar-refractivity contribution is 0.598. The van der Waals surface area contributed by atoms with Gasteiger partial charge in [0.1, 0.15) is 5.82 Å². The van der Waals surface area contributed by atoms with Gasteiger partial charge >= 0.3 is 0 Å². The molecule has 1 aromatic heterocycles. The van der Waals surface area contributed by atoms with Gasteiger partial charge in [0.2, 0.25) is 0 Å². The van der Waals surface area contributed by atoms with E-state index in [1.165, 1.54) is 5.56 Å². The molecule has 4 heteroatoms. The number of hydrogen-bond donors (Lipinski definition) is 1. The summed E-state index contributed by atoms with van der Waals surface area (Å²) in [5, 5.41) is 3.43. The fraction of sp³-hybridized carbons (Fsp3) is 0.400. The molecule has 2 rings (SSSR count). The van der Waals surface area contributed by atoms with Crippen molar-refractivity contribution < 1.29 is 0 Å². The van der Waals surface area contributed by atoms with E-state index in [4.69, 9.17) is 0 Å². The highest BCUT2D eigenvalue weighted by Gasteiger charge is 2.10. The van der Waals surface area contributed by atoms with Crippen molar-refractivity contribution in [1.29, 1.82) is 0 Å². The largest absolute Gasteiger partial charge is 0.310 e. The zero-order valence-electron chi connectivity index (χ0n) is 11.7. The lowest BCUT2D eigenvalue weighted by atomic mass is 10.1. The van der Waals surface area contributed by atoms with E-state index in [1.807, 2.05) is 12.4 Å². The number of rotatable bonds is 5. The maximum atomic E-state index is 4.37. The number of halogens is 1. The zero-order chi connectivity index (χ0) is 13.8. The molecule has 1 aromatic carbocycles. The van der Waals surface area contributed by atoms with Gasteiger partial charge in [-0.2, -0.15) is 0 Å². The molecule has 0 saturated heterocycles. The molecule has 0 bridgehead atoms. The Bertz CT molecular complexity index is 548. The Balaban J connectivity index is 2.34. The van der Waals surface area contributed by atoms with Crippen LogP contribution in [0.25, 0.3) is 5.69 Å². The van der Waals surface area contributed by atoms with Crippen molar-refractivity contribution in [2.45, 2.75) is 33.2 Å². The van der Waals surface area contributed by atoms with Gasteiger partial charge in [-0.05, 0) is 47.1 Å². The van der Waals surface area contributed by atoms with E-state index in [-0.39, 0.29) is 0 Å². The average molecular weight is 322 g/mol. The monoisotopic (exact) mass is 321 g/mol. The smallest absolute Gasteiger partial charge is 0.112 e. The third kappa shape index (κ3) is 3.07. The minimum atomic E-state index is 0.365. The Hall–Kier alpha value is -1.13. The molecule has 0 saturated carbocycles. The Kier molecular flexibility index (Phi) is 4.77. The van der Waals surface area contributed by atoms with Crippen LogP contribution < -0.4 is 5.32 Å². The number of aromatic nitrogens is 2. The summed E-state index contributed by atoms with van der Waals surface area (Å²) in [6.07, 6.45) is 4.78. The molecule has 0 aliphatic heterocycles. The SMILES string of the molecule is CCNC(C)c1ccc(-n2ccnc2CC)c(Br)c1. The van der Waals surface area contributed by atoms with Crippen LogP contribution >= 0.6 is 15.9 Å². The van der Waals surface area contributed by atoms with Crippen LogP contribution in [0, 0.1) is 0 Å². The van der Waals surface area contributed by atoms with E-state index >= 15 is 0 Å². The van der Waals surface area contributed by atoms with Crippen LogP contribution in [0.4, 0.5) is 0 Å². The molecule has 0 aliphatic rings. The summed E-state index contributed by atoms with van der Waals surface area (Å²) >= 11 is 3.67. The molecule has 0 radical (unpaired) electrons. The minimum Gasteiger partial charge on any atom is -0.310 e. The third-order valence-electron chi connectivity index (χ3n) is 3.28. The Morgan fingerprint density at radius 1 is 1.37 bits per heavy atom. The quantitative estimate of drug-likeness (QED) is 0.906. The highest BCUT2D eigenvalue weighted by atomic mass is 79.9. The maximum absolute atomic E-state index is 4.37. The van der Waals surface area contributed by atoms with Gasteiger partial charge in [-0.1, -0.05) is 19.9 Å². The number of benzene rings is 1. The third-order valence-corrected chi connectivity index (χ3v) is 3.91. The number of hydrogen-bond acceptors (Lipinski definition) is 2. The minimum absolute atomic E-state index is 0.365. The molecule has 102 valence electrons. The fourth-order valence-corrected chi connectivity index (χ4v) is 2.81.